The van der Waals surface area contributed by atoms with Crippen LogP contribution in [-0.2, 0) is 16.6 Å². The molecule has 1 N–H and O–H groups in total. The van der Waals surface area contributed by atoms with E-state index in [9.17, 15) is 13.6 Å². The number of esters is 1. The molecule has 1 atom stereocenters. The second kappa shape index (κ2) is 4.43. The molecule has 1 aromatic rings. The van der Waals surface area contributed by atoms with Gasteiger partial charge in [-0.05, 0) is 0 Å². The Morgan fingerprint density at radius 3 is 2.94 bits per heavy atom. The summed E-state index contributed by atoms with van der Waals surface area (Å²) < 4.78 is 36.8. The molecule has 0 spiro atoms. The van der Waals surface area contributed by atoms with Gasteiger partial charge in [0, 0.05) is 13.1 Å². The highest BCUT2D eigenvalue weighted by Gasteiger charge is 2.50. The van der Waals surface area contributed by atoms with Gasteiger partial charge in [0.2, 0.25) is 5.88 Å². The Labute approximate surface area is 102 Å². The third kappa shape index (κ3) is 2.36. The number of anilines is 1. The predicted molar refractivity (Wildman–Crippen MR) is 57.7 cm³/mol. The van der Waals surface area contributed by atoms with Crippen LogP contribution in [0.3, 0.4) is 0 Å². The fourth-order valence-corrected chi connectivity index (χ4v) is 1.71. The predicted octanol–water partition coefficient (Wildman–Crippen LogP) is 0.791. The molecule has 0 amide bonds. The molecular weight excluding hydrogens is 248 g/mol. The van der Waals surface area contributed by atoms with Gasteiger partial charge < -0.3 is 14.8 Å². The lowest BCUT2D eigenvalue weighted by Gasteiger charge is -2.08. The molecule has 1 aromatic heterocycles. The van der Waals surface area contributed by atoms with Gasteiger partial charge >= 0.3 is 11.9 Å². The summed E-state index contributed by atoms with van der Waals surface area (Å²) in [5, 5.41) is 6.87. The molecule has 2 rings (SSSR count). The van der Waals surface area contributed by atoms with Gasteiger partial charge in [0.05, 0.1) is 20.1 Å². The van der Waals surface area contributed by atoms with Gasteiger partial charge in [-0.1, -0.05) is 0 Å². The molecular formula is C10H13F2N3O3. The molecule has 1 unspecified atom stereocenters. The van der Waals surface area contributed by atoms with E-state index < -0.39 is 24.4 Å². The van der Waals surface area contributed by atoms with Crippen molar-refractivity contribution in [3.63, 3.8) is 0 Å². The van der Waals surface area contributed by atoms with Gasteiger partial charge in [-0.15, -0.1) is 0 Å². The van der Waals surface area contributed by atoms with Crippen LogP contribution >= 0.6 is 0 Å². The first-order chi connectivity index (χ1) is 8.42. The van der Waals surface area contributed by atoms with Crippen molar-refractivity contribution in [3.8, 4) is 5.88 Å². The van der Waals surface area contributed by atoms with Gasteiger partial charge in [-0.2, -0.15) is 13.9 Å². The van der Waals surface area contributed by atoms with E-state index in [0.29, 0.717) is 11.7 Å². The van der Waals surface area contributed by atoms with Crippen molar-refractivity contribution in [2.24, 2.45) is 7.05 Å². The number of alkyl halides is 2. The van der Waals surface area contributed by atoms with Crippen LogP contribution in [0.1, 0.15) is 6.42 Å². The molecule has 0 radical (unpaired) electrons. The number of nitrogens with zero attached hydrogens (tertiary/aromatic N) is 2. The molecule has 1 aliphatic rings. The molecule has 0 aromatic carbocycles. The number of aryl methyl sites for hydroxylation is 1. The third-order valence-electron chi connectivity index (χ3n) is 2.61. The highest BCUT2D eigenvalue weighted by Crippen LogP contribution is 2.30. The second-order valence-corrected chi connectivity index (χ2v) is 4.01. The number of nitrogens with one attached hydrogen (secondary N) is 1. The largest absolute Gasteiger partial charge is 0.481 e. The van der Waals surface area contributed by atoms with E-state index in [4.69, 9.17) is 4.74 Å². The van der Waals surface area contributed by atoms with Crippen LogP contribution in [0.5, 0.6) is 5.88 Å². The molecule has 1 fully saturated rings. The fraction of sp³-hybridized carbons (Fsp3) is 0.600. The van der Waals surface area contributed by atoms with E-state index in [2.05, 4.69) is 15.2 Å². The van der Waals surface area contributed by atoms with Crippen LogP contribution in [0.2, 0.25) is 0 Å². The van der Waals surface area contributed by atoms with Crippen LogP contribution in [-0.4, -0.2) is 41.4 Å². The summed E-state index contributed by atoms with van der Waals surface area (Å²) in [6, 6.07) is 1.62. The Bertz CT molecular complexity index is 461. The van der Waals surface area contributed by atoms with Gasteiger partial charge in [-0.3, -0.25) is 0 Å². The lowest BCUT2D eigenvalue weighted by atomic mass is 10.2. The number of methoxy groups -OCH3 is 1. The maximum absolute atomic E-state index is 12.9. The van der Waals surface area contributed by atoms with E-state index in [0.717, 1.165) is 0 Å². The van der Waals surface area contributed by atoms with Crippen LogP contribution < -0.4 is 10.1 Å². The Morgan fingerprint density at radius 2 is 2.44 bits per heavy atom. The van der Waals surface area contributed by atoms with Gasteiger partial charge in [0.1, 0.15) is 6.10 Å². The van der Waals surface area contributed by atoms with Gasteiger partial charge in [0.15, 0.2) is 5.82 Å². The van der Waals surface area contributed by atoms with Crippen molar-refractivity contribution in [2.75, 3.05) is 19.0 Å². The van der Waals surface area contributed by atoms with Crippen LogP contribution in [0.4, 0.5) is 14.6 Å². The average Bonchev–Trinajstić information content (AvgIpc) is 2.77. The first-order valence-corrected chi connectivity index (χ1v) is 5.33. The monoisotopic (exact) mass is 261 g/mol. The number of carbonyl (C=O) groups excluding carboxylic acids is 1. The topological polar surface area (TPSA) is 65.4 Å². The van der Waals surface area contributed by atoms with E-state index in [1.807, 2.05) is 0 Å². The van der Waals surface area contributed by atoms with Crippen LogP contribution in [0.15, 0.2) is 6.07 Å². The van der Waals surface area contributed by atoms with E-state index >= 15 is 0 Å². The van der Waals surface area contributed by atoms with E-state index in [1.54, 1.807) is 13.1 Å². The Balaban J connectivity index is 1.91. The molecule has 1 saturated heterocycles. The molecule has 1 aliphatic heterocycles. The van der Waals surface area contributed by atoms with Crippen molar-refractivity contribution in [3.05, 3.63) is 6.07 Å². The summed E-state index contributed by atoms with van der Waals surface area (Å²) >= 11 is 0. The molecule has 100 valence electrons. The van der Waals surface area contributed by atoms with Gasteiger partial charge in [-0.25, -0.2) is 9.48 Å². The molecule has 0 bridgehead atoms. The Hall–Kier alpha value is -1.86. The number of carbonyl (C=O) groups is 1. The van der Waals surface area contributed by atoms with E-state index in [1.165, 1.54) is 11.8 Å². The number of halogens is 2. The first kappa shape index (κ1) is 12.6. The summed E-state index contributed by atoms with van der Waals surface area (Å²) in [4.78, 5) is 10.8. The highest BCUT2D eigenvalue weighted by atomic mass is 19.3. The molecule has 18 heavy (non-hydrogen) atoms. The Morgan fingerprint density at radius 1 is 1.72 bits per heavy atom. The summed E-state index contributed by atoms with van der Waals surface area (Å²) in [5.41, 5.74) is 0. The van der Waals surface area contributed by atoms with Crippen LogP contribution in [0, 0.1) is 0 Å². The first-order valence-electron chi connectivity index (χ1n) is 5.33. The van der Waals surface area contributed by atoms with Crippen molar-refractivity contribution >= 4 is 11.8 Å². The quantitative estimate of drug-likeness (QED) is 0.812. The molecule has 6 nitrogen and oxygen atoms in total. The average molecular weight is 261 g/mol. The zero-order valence-electron chi connectivity index (χ0n) is 9.94. The van der Waals surface area contributed by atoms with Gasteiger partial charge in [0.25, 0.3) is 0 Å². The molecule has 0 saturated carbocycles. The maximum Gasteiger partial charge on any atom is 0.377 e. The van der Waals surface area contributed by atoms with Crippen molar-refractivity contribution in [1.82, 2.24) is 9.78 Å². The zero-order chi connectivity index (χ0) is 13.3. The summed E-state index contributed by atoms with van der Waals surface area (Å²) in [5.74, 6) is -3.84. The van der Waals surface area contributed by atoms with E-state index in [-0.39, 0.29) is 6.54 Å². The van der Waals surface area contributed by atoms with Crippen molar-refractivity contribution in [2.45, 2.75) is 18.4 Å². The number of ether oxygens (including phenoxy) is 2. The molecule has 2 heterocycles. The minimum atomic E-state index is -3.38. The molecule has 0 aliphatic carbocycles. The number of aromatic nitrogens is 2. The standard InChI is InChI=1S/C10H13F2N3O3/c1-15-8(17-2)3-7(14-15)13-5-6-4-10(11,12)9(16)18-6/h3,6H,4-5H2,1-2H3,(H,13,14). The number of hydrogen-bond acceptors (Lipinski definition) is 5. The minimum absolute atomic E-state index is 0.0848. The minimum Gasteiger partial charge on any atom is -0.481 e. The van der Waals surface area contributed by atoms with Crippen molar-refractivity contribution in [1.29, 1.82) is 0 Å². The van der Waals surface area contributed by atoms with Crippen LogP contribution in [0.25, 0.3) is 0 Å². The lowest BCUT2D eigenvalue weighted by Crippen LogP contribution is -2.22. The zero-order valence-corrected chi connectivity index (χ0v) is 9.94. The maximum atomic E-state index is 12.9. The third-order valence-corrected chi connectivity index (χ3v) is 2.61. The highest BCUT2D eigenvalue weighted by molar-refractivity contribution is 5.79. The Kier molecular flexibility index (Phi) is 3.10. The number of cyclic esters (lactones) is 1. The number of hydrogen-bond donors (Lipinski definition) is 1. The molecule has 8 heteroatoms. The SMILES string of the molecule is COc1cc(NCC2CC(F)(F)C(=O)O2)nn1C. The summed E-state index contributed by atoms with van der Waals surface area (Å²) in [6.07, 6.45) is -1.46. The fourth-order valence-electron chi connectivity index (χ4n) is 1.71. The second-order valence-electron chi connectivity index (χ2n) is 4.01. The number of rotatable bonds is 4. The summed E-state index contributed by atoms with van der Waals surface area (Å²) in [6.45, 7) is 0.0848. The normalized spacial score (nSPS) is 21.8. The smallest absolute Gasteiger partial charge is 0.377 e. The van der Waals surface area contributed by atoms with Crippen molar-refractivity contribution < 1.29 is 23.0 Å². The lowest BCUT2D eigenvalue weighted by molar-refractivity contribution is -0.158. The summed E-state index contributed by atoms with van der Waals surface area (Å²) in [7, 11) is 3.19.